The largest absolute Gasteiger partial charge is 0.465 e. The topological polar surface area (TPSA) is 79.3 Å². The van der Waals surface area contributed by atoms with Crippen molar-refractivity contribution in [1.29, 1.82) is 0 Å². The molecule has 0 aromatic rings. The fourth-order valence-corrected chi connectivity index (χ4v) is 3.51. The number of hydrogen-bond acceptors (Lipinski definition) is 8. The van der Waals surface area contributed by atoms with Crippen LogP contribution in [0.3, 0.4) is 0 Å². The first-order valence-electron chi connectivity index (χ1n) is 9.82. The average Bonchev–Trinajstić information content (AvgIpc) is 2.62. The molecule has 1 heterocycles. The summed E-state index contributed by atoms with van der Waals surface area (Å²) in [5, 5.41) is 9.21. The van der Waals surface area contributed by atoms with Crippen molar-refractivity contribution in [1.82, 2.24) is 8.77 Å². The van der Waals surface area contributed by atoms with Crippen LogP contribution in [0.5, 0.6) is 0 Å². The van der Waals surface area contributed by atoms with Crippen LogP contribution in [-0.4, -0.2) is 58.8 Å². The second-order valence-electron chi connectivity index (χ2n) is 6.85. The molecule has 0 radical (unpaired) electrons. The highest BCUT2D eigenvalue weighted by Gasteiger charge is 2.25. The molecule has 27 heavy (non-hydrogen) atoms. The molecule has 1 fully saturated rings. The Kier molecular flexibility index (Phi) is 12.4. The number of carbonyl (C=O) groups excluding carboxylic acids is 2. The molecule has 1 aliphatic heterocycles. The van der Waals surface area contributed by atoms with Gasteiger partial charge in [-0.05, 0) is 19.3 Å². The predicted molar refractivity (Wildman–Crippen MR) is 106 cm³/mol. The third-order valence-electron chi connectivity index (χ3n) is 4.32. The van der Waals surface area contributed by atoms with Crippen molar-refractivity contribution in [2.75, 3.05) is 26.7 Å². The predicted octanol–water partition coefficient (Wildman–Crippen LogP) is 3.73. The van der Waals surface area contributed by atoms with Crippen molar-refractivity contribution >= 4 is 24.1 Å². The van der Waals surface area contributed by atoms with E-state index >= 15 is 0 Å². The van der Waals surface area contributed by atoms with Gasteiger partial charge in [0.25, 0.3) is 0 Å². The van der Waals surface area contributed by atoms with Gasteiger partial charge in [-0.15, -0.1) is 4.47 Å². The Morgan fingerprint density at radius 3 is 2.44 bits per heavy atom. The smallest absolute Gasteiger partial charge is 0.334 e. The molecule has 7 nitrogen and oxygen atoms in total. The van der Waals surface area contributed by atoms with Crippen molar-refractivity contribution < 1.29 is 24.3 Å². The van der Waals surface area contributed by atoms with E-state index in [1.807, 2.05) is 4.31 Å². The first-order chi connectivity index (χ1) is 12.9. The van der Waals surface area contributed by atoms with Crippen molar-refractivity contribution in [2.24, 2.45) is 0 Å². The Morgan fingerprint density at radius 2 is 1.81 bits per heavy atom. The highest BCUT2D eigenvalue weighted by Crippen LogP contribution is 2.22. The van der Waals surface area contributed by atoms with E-state index in [0.717, 1.165) is 23.7 Å². The molecule has 0 spiro atoms. The van der Waals surface area contributed by atoms with E-state index in [1.165, 1.54) is 31.4 Å². The summed E-state index contributed by atoms with van der Waals surface area (Å²) in [5.41, 5.74) is 0.134. The Bertz CT molecular complexity index is 465. The molecule has 1 saturated heterocycles. The molecule has 0 aliphatic carbocycles. The summed E-state index contributed by atoms with van der Waals surface area (Å²) in [5.74, 6) is -0.959. The molecule has 0 bridgehead atoms. The number of ether oxygens (including phenoxy) is 2. The number of rotatable bonds is 13. The summed E-state index contributed by atoms with van der Waals surface area (Å²) in [6, 6.07) is 0. The van der Waals surface area contributed by atoms with Crippen LogP contribution in [0.2, 0.25) is 0 Å². The van der Waals surface area contributed by atoms with Gasteiger partial charge in [-0.25, -0.2) is 9.10 Å². The van der Waals surface area contributed by atoms with Crippen LogP contribution in [0.4, 0.5) is 0 Å². The summed E-state index contributed by atoms with van der Waals surface area (Å²) >= 11 is 1.23. The second-order valence-corrected chi connectivity index (χ2v) is 8.06. The van der Waals surface area contributed by atoms with Crippen LogP contribution in [0.25, 0.3) is 0 Å². The van der Waals surface area contributed by atoms with Gasteiger partial charge in [-0.3, -0.25) is 4.79 Å². The Balaban J connectivity index is 2.13. The molecule has 1 N–H and O–H groups in total. The molecular formula is C19H34N2O5S. The van der Waals surface area contributed by atoms with E-state index in [1.54, 1.807) is 7.05 Å². The summed E-state index contributed by atoms with van der Waals surface area (Å²) in [7, 11) is 1.56. The number of piperidine rings is 1. The zero-order valence-corrected chi connectivity index (χ0v) is 17.5. The zero-order chi connectivity index (χ0) is 20.1. The van der Waals surface area contributed by atoms with Crippen LogP contribution in [-0.2, 0) is 19.1 Å². The molecule has 1 rings (SSSR count). The summed E-state index contributed by atoms with van der Waals surface area (Å²) in [6.07, 6.45) is 7.81. The van der Waals surface area contributed by atoms with E-state index in [0.29, 0.717) is 32.5 Å². The lowest BCUT2D eigenvalue weighted by molar-refractivity contribution is -0.149. The van der Waals surface area contributed by atoms with E-state index in [-0.39, 0.29) is 18.1 Å². The standard InChI is InChI=1S/C19H34N2O5S/c1-4-5-6-7-8-9-14-25-18(22)15-16(2)19(23)26-17-10-12-21(13-11-17)27-20(3)24/h17,24H,2,4-15H2,1,3H3. The third kappa shape index (κ3) is 11.4. The van der Waals surface area contributed by atoms with Crippen molar-refractivity contribution in [3.63, 3.8) is 0 Å². The van der Waals surface area contributed by atoms with Crippen molar-refractivity contribution in [3.05, 3.63) is 12.2 Å². The number of hydroxylamine groups is 1. The van der Waals surface area contributed by atoms with E-state index in [2.05, 4.69) is 13.5 Å². The molecule has 0 aromatic carbocycles. The highest BCUT2D eigenvalue weighted by molar-refractivity contribution is 7.94. The van der Waals surface area contributed by atoms with Crippen LogP contribution in [0.1, 0.15) is 64.7 Å². The summed E-state index contributed by atoms with van der Waals surface area (Å²) in [6.45, 7) is 7.65. The fraction of sp³-hybridized carbons (Fsp3) is 0.789. The summed E-state index contributed by atoms with van der Waals surface area (Å²) < 4.78 is 13.6. The Hall–Kier alpha value is -1.09. The van der Waals surface area contributed by atoms with Crippen LogP contribution in [0.15, 0.2) is 12.2 Å². The molecular weight excluding hydrogens is 368 g/mol. The maximum atomic E-state index is 12.1. The van der Waals surface area contributed by atoms with Crippen LogP contribution >= 0.6 is 12.1 Å². The van der Waals surface area contributed by atoms with E-state index in [4.69, 9.17) is 9.47 Å². The van der Waals surface area contributed by atoms with Crippen LogP contribution in [0, 0.1) is 0 Å². The highest BCUT2D eigenvalue weighted by atomic mass is 32.2. The molecule has 8 heteroatoms. The number of unbranched alkanes of at least 4 members (excludes halogenated alkanes) is 5. The van der Waals surface area contributed by atoms with E-state index in [9.17, 15) is 14.8 Å². The van der Waals surface area contributed by atoms with Crippen molar-refractivity contribution in [3.8, 4) is 0 Å². The lowest BCUT2D eigenvalue weighted by atomic mass is 10.1. The molecule has 0 aromatic heterocycles. The van der Waals surface area contributed by atoms with Gasteiger partial charge in [0.15, 0.2) is 0 Å². The van der Waals surface area contributed by atoms with E-state index < -0.39 is 11.9 Å². The maximum absolute atomic E-state index is 12.1. The molecule has 0 atom stereocenters. The van der Waals surface area contributed by atoms with Gasteiger partial charge < -0.3 is 14.7 Å². The van der Waals surface area contributed by atoms with Crippen LogP contribution < -0.4 is 0 Å². The van der Waals surface area contributed by atoms with Gasteiger partial charge in [0, 0.05) is 37.8 Å². The van der Waals surface area contributed by atoms with Gasteiger partial charge in [0.1, 0.15) is 6.10 Å². The zero-order valence-electron chi connectivity index (χ0n) is 16.7. The van der Waals surface area contributed by atoms with Gasteiger partial charge in [-0.1, -0.05) is 45.6 Å². The minimum absolute atomic E-state index is 0.126. The Morgan fingerprint density at radius 1 is 1.19 bits per heavy atom. The number of hydrogen-bond donors (Lipinski definition) is 1. The number of nitrogens with zero attached hydrogens (tertiary/aromatic N) is 2. The quantitative estimate of drug-likeness (QED) is 0.164. The van der Waals surface area contributed by atoms with Gasteiger partial charge in [0.2, 0.25) is 0 Å². The summed E-state index contributed by atoms with van der Waals surface area (Å²) in [4.78, 5) is 23.9. The first-order valence-corrected chi connectivity index (χ1v) is 10.6. The Labute approximate surface area is 167 Å². The van der Waals surface area contributed by atoms with Gasteiger partial charge >= 0.3 is 11.9 Å². The minimum Gasteiger partial charge on any atom is -0.465 e. The monoisotopic (exact) mass is 402 g/mol. The number of esters is 2. The average molecular weight is 403 g/mol. The third-order valence-corrected chi connectivity index (χ3v) is 5.15. The first kappa shape index (κ1) is 23.9. The van der Waals surface area contributed by atoms with Gasteiger partial charge in [-0.2, -0.15) is 0 Å². The molecule has 156 valence electrons. The molecule has 0 saturated carbocycles. The van der Waals surface area contributed by atoms with Crippen molar-refractivity contribution in [2.45, 2.75) is 70.8 Å². The normalized spacial score (nSPS) is 15.7. The molecule has 0 amide bonds. The minimum atomic E-state index is -0.531. The number of carbonyl (C=O) groups is 2. The van der Waals surface area contributed by atoms with Gasteiger partial charge in [0.05, 0.1) is 13.0 Å². The lowest BCUT2D eigenvalue weighted by Gasteiger charge is -2.31. The molecule has 1 aliphatic rings. The maximum Gasteiger partial charge on any atom is 0.334 e. The SMILES string of the molecule is C=C(CC(=O)OCCCCCCCC)C(=O)OC1CCN(SN(C)O)CC1. The second kappa shape index (κ2) is 14.0. The molecule has 0 unspecified atom stereocenters. The fourth-order valence-electron chi connectivity index (χ4n) is 2.80. The lowest BCUT2D eigenvalue weighted by Crippen LogP contribution is -2.35.